The Hall–Kier alpha value is -1.15. The van der Waals surface area contributed by atoms with E-state index in [-0.39, 0.29) is 0 Å². The number of hydrogen-bond acceptors (Lipinski definition) is 2. The van der Waals surface area contributed by atoms with Crippen LogP contribution in [0.4, 0.5) is 0 Å². The molecular formula is C18H27NO. The molecule has 0 radical (unpaired) electrons. The SMILES string of the molecule is Cc1cc(C)c(CC(=O)CCC2CCNCC2)c(C)c1. The van der Waals surface area contributed by atoms with Crippen LogP contribution in [0, 0.1) is 26.7 Å². The van der Waals surface area contributed by atoms with Crippen molar-refractivity contribution < 1.29 is 4.79 Å². The number of carbonyl (C=O) groups excluding carboxylic acids is 1. The third-order valence-corrected chi connectivity index (χ3v) is 4.50. The number of aryl methyl sites for hydroxylation is 3. The second-order valence-corrected chi connectivity index (χ2v) is 6.32. The smallest absolute Gasteiger partial charge is 0.137 e. The maximum absolute atomic E-state index is 12.2. The number of hydrogen-bond donors (Lipinski definition) is 1. The summed E-state index contributed by atoms with van der Waals surface area (Å²) in [7, 11) is 0. The molecule has 0 aromatic heterocycles. The monoisotopic (exact) mass is 273 g/mol. The molecule has 0 amide bonds. The Morgan fingerprint density at radius 1 is 1.15 bits per heavy atom. The van der Waals surface area contributed by atoms with Crippen molar-refractivity contribution in [3.8, 4) is 0 Å². The van der Waals surface area contributed by atoms with Gasteiger partial charge in [-0.25, -0.2) is 0 Å². The molecule has 0 atom stereocenters. The molecule has 1 fully saturated rings. The van der Waals surface area contributed by atoms with Gasteiger partial charge in [0.15, 0.2) is 0 Å². The fourth-order valence-corrected chi connectivity index (χ4v) is 3.31. The van der Waals surface area contributed by atoms with Gasteiger partial charge in [-0.1, -0.05) is 17.7 Å². The van der Waals surface area contributed by atoms with Gasteiger partial charge >= 0.3 is 0 Å². The van der Waals surface area contributed by atoms with E-state index in [9.17, 15) is 4.79 Å². The van der Waals surface area contributed by atoms with Crippen molar-refractivity contribution in [2.75, 3.05) is 13.1 Å². The van der Waals surface area contributed by atoms with Crippen LogP contribution in [0.3, 0.4) is 0 Å². The lowest BCUT2D eigenvalue weighted by molar-refractivity contribution is -0.118. The van der Waals surface area contributed by atoms with Crippen molar-refractivity contribution in [2.24, 2.45) is 5.92 Å². The van der Waals surface area contributed by atoms with E-state index in [1.807, 2.05) is 0 Å². The summed E-state index contributed by atoms with van der Waals surface area (Å²) in [6.45, 7) is 8.59. The van der Waals surface area contributed by atoms with Crippen molar-refractivity contribution in [3.63, 3.8) is 0 Å². The van der Waals surface area contributed by atoms with Crippen molar-refractivity contribution in [3.05, 3.63) is 34.4 Å². The highest BCUT2D eigenvalue weighted by Gasteiger charge is 2.15. The quantitative estimate of drug-likeness (QED) is 0.889. The average molecular weight is 273 g/mol. The van der Waals surface area contributed by atoms with Gasteiger partial charge in [-0.3, -0.25) is 4.79 Å². The van der Waals surface area contributed by atoms with Gasteiger partial charge in [0.25, 0.3) is 0 Å². The summed E-state index contributed by atoms with van der Waals surface area (Å²) >= 11 is 0. The molecule has 1 aliphatic heterocycles. The van der Waals surface area contributed by atoms with E-state index in [1.165, 1.54) is 35.1 Å². The van der Waals surface area contributed by atoms with Crippen LogP contribution in [-0.2, 0) is 11.2 Å². The average Bonchev–Trinajstić information content (AvgIpc) is 2.42. The second-order valence-electron chi connectivity index (χ2n) is 6.32. The van der Waals surface area contributed by atoms with E-state index in [0.29, 0.717) is 12.2 Å². The van der Waals surface area contributed by atoms with Crippen molar-refractivity contribution in [1.82, 2.24) is 5.32 Å². The lowest BCUT2D eigenvalue weighted by Crippen LogP contribution is -2.28. The predicted molar refractivity (Wildman–Crippen MR) is 84.2 cm³/mol. The molecule has 2 heteroatoms. The lowest BCUT2D eigenvalue weighted by Gasteiger charge is -2.22. The molecule has 1 saturated heterocycles. The van der Waals surface area contributed by atoms with Gasteiger partial charge in [0, 0.05) is 12.8 Å². The highest BCUT2D eigenvalue weighted by atomic mass is 16.1. The molecular weight excluding hydrogens is 246 g/mol. The van der Waals surface area contributed by atoms with Crippen LogP contribution in [-0.4, -0.2) is 18.9 Å². The number of ketones is 1. The summed E-state index contributed by atoms with van der Waals surface area (Å²) < 4.78 is 0. The van der Waals surface area contributed by atoms with Gasteiger partial charge in [0.05, 0.1) is 0 Å². The Labute approximate surface area is 123 Å². The summed E-state index contributed by atoms with van der Waals surface area (Å²) in [6, 6.07) is 4.37. The Morgan fingerprint density at radius 2 is 1.75 bits per heavy atom. The van der Waals surface area contributed by atoms with E-state index < -0.39 is 0 Å². The third-order valence-electron chi connectivity index (χ3n) is 4.50. The first-order valence-electron chi connectivity index (χ1n) is 7.85. The van der Waals surface area contributed by atoms with E-state index in [1.54, 1.807) is 0 Å². The fourth-order valence-electron chi connectivity index (χ4n) is 3.31. The molecule has 0 saturated carbocycles. The summed E-state index contributed by atoms with van der Waals surface area (Å²) in [5, 5.41) is 3.38. The summed E-state index contributed by atoms with van der Waals surface area (Å²) in [6.07, 6.45) is 4.90. The largest absolute Gasteiger partial charge is 0.317 e. The number of carbonyl (C=O) groups is 1. The van der Waals surface area contributed by atoms with Gasteiger partial charge in [0.1, 0.15) is 5.78 Å². The van der Waals surface area contributed by atoms with Gasteiger partial charge in [-0.05, 0) is 75.7 Å². The van der Waals surface area contributed by atoms with Crippen molar-refractivity contribution in [1.29, 1.82) is 0 Å². The van der Waals surface area contributed by atoms with Crippen LogP contribution in [0.1, 0.15) is 47.9 Å². The zero-order valence-electron chi connectivity index (χ0n) is 13.1. The highest BCUT2D eigenvalue weighted by Crippen LogP contribution is 2.21. The van der Waals surface area contributed by atoms with Gasteiger partial charge in [-0.15, -0.1) is 0 Å². The molecule has 1 aliphatic rings. The number of Topliss-reactive ketones (excluding diaryl/α,β-unsaturated/α-hetero) is 1. The molecule has 0 spiro atoms. The normalized spacial score (nSPS) is 16.4. The highest BCUT2D eigenvalue weighted by molar-refractivity contribution is 5.81. The molecule has 0 unspecified atom stereocenters. The molecule has 0 aliphatic carbocycles. The van der Waals surface area contributed by atoms with E-state index >= 15 is 0 Å². The topological polar surface area (TPSA) is 29.1 Å². The van der Waals surface area contributed by atoms with Crippen LogP contribution in [0.2, 0.25) is 0 Å². The maximum Gasteiger partial charge on any atom is 0.137 e. The van der Waals surface area contributed by atoms with E-state index in [0.717, 1.165) is 31.8 Å². The summed E-state index contributed by atoms with van der Waals surface area (Å²) in [5.74, 6) is 1.15. The van der Waals surface area contributed by atoms with Crippen LogP contribution in [0.5, 0.6) is 0 Å². The minimum absolute atomic E-state index is 0.401. The minimum atomic E-state index is 0.401. The van der Waals surface area contributed by atoms with E-state index in [2.05, 4.69) is 38.2 Å². The molecule has 1 aromatic carbocycles. The molecule has 2 rings (SSSR count). The summed E-state index contributed by atoms with van der Waals surface area (Å²) in [4.78, 5) is 12.2. The molecule has 1 aromatic rings. The minimum Gasteiger partial charge on any atom is -0.317 e. The number of nitrogens with one attached hydrogen (secondary N) is 1. The van der Waals surface area contributed by atoms with Crippen LogP contribution < -0.4 is 5.32 Å². The van der Waals surface area contributed by atoms with Crippen LogP contribution in [0.15, 0.2) is 12.1 Å². The Kier molecular flexibility index (Phi) is 5.36. The lowest BCUT2D eigenvalue weighted by atomic mass is 9.90. The predicted octanol–water partition coefficient (Wildman–Crippen LogP) is 3.50. The summed E-state index contributed by atoms with van der Waals surface area (Å²) in [5.41, 5.74) is 5.05. The molecule has 20 heavy (non-hydrogen) atoms. The number of benzene rings is 1. The Balaban J connectivity index is 1.88. The zero-order chi connectivity index (χ0) is 14.5. The van der Waals surface area contributed by atoms with Crippen LogP contribution in [0.25, 0.3) is 0 Å². The molecule has 0 bridgehead atoms. The standard InChI is InChI=1S/C18H27NO/c1-13-10-14(2)18(15(3)11-13)12-17(20)5-4-16-6-8-19-9-7-16/h10-11,16,19H,4-9,12H2,1-3H3. The molecule has 1 heterocycles. The maximum atomic E-state index is 12.2. The van der Waals surface area contributed by atoms with Gasteiger partial charge in [0.2, 0.25) is 0 Å². The Morgan fingerprint density at radius 3 is 2.35 bits per heavy atom. The Bertz CT molecular complexity index is 449. The third kappa shape index (κ3) is 4.17. The zero-order valence-corrected chi connectivity index (χ0v) is 13.1. The van der Waals surface area contributed by atoms with E-state index in [4.69, 9.17) is 0 Å². The second kappa shape index (κ2) is 7.03. The number of piperidine rings is 1. The molecule has 110 valence electrons. The first-order valence-corrected chi connectivity index (χ1v) is 7.85. The molecule has 1 N–H and O–H groups in total. The molecule has 2 nitrogen and oxygen atoms in total. The number of rotatable bonds is 5. The first-order chi connectivity index (χ1) is 9.56. The van der Waals surface area contributed by atoms with Gasteiger partial charge < -0.3 is 5.32 Å². The van der Waals surface area contributed by atoms with Gasteiger partial charge in [-0.2, -0.15) is 0 Å². The van der Waals surface area contributed by atoms with Crippen molar-refractivity contribution >= 4 is 5.78 Å². The fraction of sp³-hybridized carbons (Fsp3) is 0.611. The first kappa shape index (κ1) is 15.2. The van der Waals surface area contributed by atoms with Crippen LogP contribution >= 0.6 is 0 Å². The van der Waals surface area contributed by atoms with Crippen molar-refractivity contribution in [2.45, 2.75) is 52.9 Å².